The van der Waals surface area contributed by atoms with Crippen molar-refractivity contribution in [1.29, 1.82) is 0 Å². The van der Waals surface area contributed by atoms with E-state index in [4.69, 9.17) is 14.2 Å². The van der Waals surface area contributed by atoms with Gasteiger partial charge >= 0.3 is 5.97 Å². The van der Waals surface area contributed by atoms with Crippen LogP contribution < -0.4 is 0 Å². The summed E-state index contributed by atoms with van der Waals surface area (Å²) in [4.78, 5) is 26.3. The maximum absolute atomic E-state index is 12.8. The van der Waals surface area contributed by atoms with Gasteiger partial charge in [0.25, 0.3) is 5.91 Å². The Kier molecular flexibility index (Phi) is 10.4. The number of rotatable bonds is 11. The van der Waals surface area contributed by atoms with Crippen molar-refractivity contribution in [3.05, 3.63) is 29.8 Å². The molecule has 1 aliphatic rings. The minimum absolute atomic E-state index is 0.146. The maximum atomic E-state index is 12.8. The molecule has 1 aliphatic heterocycles. The number of sulfonamides is 1. The lowest BCUT2D eigenvalue weighted by atomic mass is 10.2. The second kappa shape index (κ2) is 12.7. The van der Waals surface area contributed by atoms with Crippen LogP contribution in [0.2, 0.25) is 0 Å². The third-order valence-electron chi connectivity index (χ3n) is 5.10. The Morgan fingerprint density at radius 3 is 2.00 bits per heavy atom. The van der Waals surface area contributed by atoms with Crippen LogP contribution in [0.3, 0.4) is 0 Å². The second-order valence-electron chi connectivity index (χ2n) is 7.29. The fourth-order valence-corrected chi connectivity index (χ4v) is 4.78. The fourth-order valence-electron chi connectivity index (χ4n) is 3.26. The molecule has 0 saturated carbocycles. The topological polar surface area (TPSA) is 102 Å². The monoisotopic (exact) mass is 456 g/mol. The quantitative estimate of drug-likeness (QED) is 0.465. The molecule has 0 spiro atoms. The zero-order chi connectivity index (χ0) is 22.7. The van der Waals surface area contributed by atoms with Crippen LogP contribution in [0.15, 0.2) is 29.2 Å². The Morgan fingerprint density at radius 2 is 1.48 bits per heavy atom. The molecule has 1 amide bonds. The molecule has 0 aromatic heterocycles. The number of esters is 1. The Balaban J connectivity index is 1.95. The summed E-state index contributed by atoms with van der Waals surface area (Å²) in [5.74, 6) is -1.05. The van der Waals surface area contributed by atoms with Gasteiger partial charge in [0.05, 0.1) is 23.7 Å². The summed E-state index contributed by atoms with van der Waals surface area (Å²) in [6, 6.07) is 5.63. The van der Waals surface area contributed by atoms with Crippen molar-refractivity contribution in [3.8, 4) is 0 Å². The molecular formula is C21H32N2O7S. The lowest BCUT2D eigenvalue weighted by Crippen LogP contribution is -2.39. The van der Waals surface area contributed by atoms with Gasteiger partial charge in [0.2, 0.25) is 10.0 Å². The number of hydrogen-bond donors (Lipinski definition) is 0. The molecular weight excluding hydrogens is 424 g/mol. The summed E-state index contributed by atoms with van der Waals surface area (Å²) in [6.07, 6.45) is 3.76. The molecule has 9 nitrogen and oxygen atoms in total. The van der Waals surface area contributed by atoms with Crippen LogP contribution in [0.25, 0.3) is 0 Å². The van der Waals surface area contributed by atoms with Crippen LogP contribution in [-0.4, -0.2) is 89.7 Å². The van der Waals surface area contributed by atoms with Gasteiger partial charge in [-0.1, -0.05) is 12.8 Å². The Hall–Kier alpha value is -2.01. The van der Waals surface area contributed by atoms with Crippen molar-refractivity contribution < 1.29 is 32.2 Å². The first kappa shape index (κ1) is 25.3. The SMILES string of the molecule is COCCN(CCOC)C(=O)COC(=O)c1ccc(S(=O)(=O)N2CCCCCC2)cc1. The van der Waals surface area contributed by atoms with E-state index in [1.165, 1.54) is 47.7 Å². The van der Waals surface area contributed by atoms with Gasteiger partial charge in [-0.3, -0.25) is 4.79 Å². The first-order valence-corrected chi connectivity index (χ1v) is 11.9. The first-order valence-electron chi connectivity index (χ1n) is 10.4. The normalized spacial score (nSPS) is 15.3. The molecule has 2 rings (SSSR count). The average Bonchev–Trinajstić information content (AvgIpc) is 3.07. The van der Waals surface area contributed by atoms with Gasteiger partial charge in [-0.2, -0.15) is 4.31 Å². The number of hydrogen-bond acceptors (Lipinski definition) is 7. The number of nitrogens with zero attached hydrogens (tertiary/aromatic N) is 2. The van der Waals surface area contributed by atoms with Crippen molar-refractivity contribution in [3.63, 3.8) is 0 Å². The fraction of sp³-hybridized carbons (Fsp3) is 0.619. The van der Waals surface area contributed by atoms with Gasteiger partial charge in [0.1, 0.15) is 0 Å². The van der Waals surface area contributed by atoms with Gasteiger partial charge in [0.15, 0.2) is 6.61 Å². The highest BCUT2D eigenvalue weighted by Crippen LogP contribution is 2.20. The number of benzene rings is 1. The van der Waals surface area contributed by atoms with E-state index in [1.807, 2.05) is 0 Å². The number of amides is 1. The number of carbonyl (C=O) groups is 2. The standard InChI is InChI=1S/C21H32N2O7S/c1-28-15-13-22(14-16-29-2)20(24)17-30-21(25)18-7-9-19(10-8-18)31(26,27)23-11-5-3-4-6-12-23/h7-10H,3-6,11-17H2,1-2H3. The van der Waals surface area contributed by atoms with Crippen molar-refractivity contribution >= 4 is 21.9 Å². The molecule has 0 radical (unpaired) electrons. The van der Waals surface area contributed by atoms with E-state index in [1.54, 1.807) is 0 Å². The molecule has 0 aliphatic carbocycles. The van der Waals surface area contributed by atoms with Crippen LogP contribution in [0.5, 0.6) is 0 Å². The van der Waals surface area contributed by atoms with Crippen LogP contribution in [0.1, 0.15) is 36.0 Å². The summed E-state index contributed by atoms with van der Waals surface area (Å²) >= 11 is 0. The average molecular weight is 457 g/mol. The smallest absolute Gasteiger partial charge is 0.338 e. The molecule has 174 valence electrons. The zero-order valence-corrected chi connectivity index (χ0v) is 19.1. The van der Waals surface area contributed by atoms with E-state index in [0.717, 1.165) is 25.7 Å². The summed E-state index contributed by atoms with van der Waals surface area (Å²) < 4.78 is 42.2. The van der Waals surface area contributed by atoms with Crippen molar-refractivity contribution in [2.24, 2.45) is 0 Å². The van der Waals surface area contributed by atoms with Gasteiger partial charge < -0.3 is 19.1 Å². The molecule has 31 heavy (non-hydrogen) atoms. The lowest BCUT2D eigenvalue weighted by Gasteiger charge is -2.22. The molecule has 1 saturated heterocycles. The summed E-state index contributed by atoms with van der Waals surface area (Å²) in [6.45, 7) is 2.04. The number of ether oxygens (including phenoxy) is 3. The molecule has 1 aromatic carbocycles. The lowest BCUT2D eigenvalue weighted by molar-refractivity contribution is -0.135. The minimum atomic E-state index is -3.59. The third kappa shape index (κ3) is 7.57. The third-order valence-corrected chi connectivity index (χ3v) is 7.02. The van der Waals surface area contributed by atoms with Crippen molar-refractivity contribution in [1.82, 2.24) is 9.21 Å². The molecule has 0 bridgehead atoms. The molecule has 0 N–H and O–H groups in total. The van der Waals surface area contributed by atoms with Crippen LogP contribution in [-0.2, 0) is 29.0 Å². The predicted molar refractivity (Wildman–Crippen MR) is 114 cm³/mol. The summed E-state index contributed by atoms with van der Waals surface area (Å²) in [5.41, 5.74) is 0.183. The second-order valence-corrected chi connectivity index (χ2v) is 9.22. The summed E-state index contributed by atoms with van der Waals surface area (Å²) in [7, 11) is -0.511. The van der Waals surface area contributed by atoms with Crippen LogP contribution >= 0.6 is 0 Å². The highest BCUT2D eigenvalue weighted by Gasteiger charge is 2.25. The highest BCUT2D eigenvalue weighted by atomic mass is 32.2. The molecule has 1 fully saturated rings. The van der Waals surface area contributed by atoms with E-state index < -0.39 is 22.6 Å². The minimum Gasteiger partial charge on any atom is -0.452 e. The molecule has 0 unspecified atom stereocenters. The van der Waals surface area contributed by atoms with E-state index in [2.05, 4.69) is 0 Å². The van der Waals surface area contributed by atoms with E-state index in [0.29, 0.717) is 39.4 Å². The Bertz CT molecular complexity index is 796. The molecule has 0 atom stereocenters. The first-order chi connectivity index (χ1) is 14.9. The van der Waals surface area contributed by atoms with E-state index in [9.17, 15) is 18.0 Å². The van der Waals surface area contributed by atoms with E-state index in [-0.39, 0.29) is 16.4 Å². The molecule has 1 heterocycles. The zero-order valence-electron chi connectivity index (χ0n) is 18.2. The number of methoxy groups -OCH3 is 2. The molecule has 1 aromatic rings. The maximum Gasteiger partial charge on any atom is 0.338 e. The van der Waals surface area contributed by atoms with Crippen molar-refractivity contribution in [2.45, 2.75) is 30.6 Å². The van der Waals surface area contributed by atoms with Crippen LogP contribution in [0.4, 0.5) is 0 Å². The van der Waals surface area contributed by atoms with Gasteiger partial charge in [0, 0.05) is 40.4 Å². The largest absolute Gasteiger partial charge is 0.452 e. The number of carbonyl (C=O) groups excluding carboxylic acids is 2. The molecule has 10 heteroatoms. The van der Waals surface area contributed by atoms with Crippen LogP contribution in [0, 0.1) is 0 Å². The Labute approximate surface area is 184 Å². The van der Waals surface area contributed by atoms with Crippen molar-refractivity contribution in [2.75, 3.05) is 60.2 Å². The Morgan fingerprint density at radius 1 is 0.935 bits per heavy atom. The van der Waals surface area contributed by atoms with Gasteiger partial charge in [-0.15, -0.1) is 0 Å². The summed E-state index contributed by atoms with van der Waals surface area (Å²) in [5, 5.41) is 0. The predicted octanol–water partition coefficient (Wildman–Crippen LogP) is 1.53. The van der Waals surface area contributed by atoms with Gasteiger partial charge in [-0.25, -0.2) is 13.2 Å². The highest BCUT2D eigenvalue weighted by molar-refractivity contribution is 7.89. The van der Waals surface area contributed by atoms with Gasteiger partial charge in [-0.05, 0) is 37.1 Å². The van der Waals surface area contributed by atoms with E-state index >= 15 is 0 Å².